The molecule has 0 N–H and O–H groups in total. The van der Waals surface area contributed by atoms with Crippen LogP contribution in [0.2, 0.25) is 24.2 Å². The third-order valence-corrected chi connectivity index (χ3v) is 7.58. The van der Waals surface area contributed by atoms with Crippen LogP contribution in [0.25, 0.3) is 0 Å². The molecule has 2 aliphatic heterocycles. The molecule has 106 valence electrons. The van der Waals surface area contributed by atoms with Crippen molar-refractivity contribution in [1.29, 1.82) is 0 Å². The van der Waals surface area contributed by atoms with Crippen molar-refractivity contribution in [3.8, 4) is 0 Å². The summed E-state index contributed by atoms with van der Waals surface area (Å²) in [7, 11) is 2.15. The fourth-order valence-corrected chi connectivity index (χ4v) is 7.54. The SMILES string of the molecule is C[Si](C)/C(=C(\Cl)C12[B]C(CCC1)CCC2)C(C)(C)C. The molecule has 2 aliphatic rings. The maximum Gasteiger partial charge on any atom is 0.129 e. The second-order valence-corrected chi connectivity index (χ2v) is 10.7. The molecular weight excluding hydrogens is 267 g/mol. The minimum absolute atomic E-state index is 0.224. The van der Waals surface area contributed by atoms with Gasteiger partial charge in [0, 0.05) is 5.03 Å². The van der Waals surface area contributed by atoms with Crippen LogP contribution >= 0.6 is 11.6 Å². The Hall–Kier alpha value is 0.312. The molecule has 0 nitrogen and oxygen atoms in total. The molecule has 0 aromatic heterocycles. The van der Waals surface area contributed by atoms with Gasteiger partial charge in [-0.25, -0.2) is 0 Å². The van der Waals surface area contributed by atoms with E-state index in [0.717, 1.165) is 5.82 Å². The lowest BCUT2D eigenvalue weighted by molar-refractivity contribution is 0.388. The average molecular weight is 295 g/mol. The zero-order valence-corrected chi connectivity index (χ0v) is 15.0. The Bertz CT molecular complexity index is 357. The molecule has 0 aliphatic carbocycles. The fraction of sp³-hybridized carbons (Fsp3) is 0.875. The van der Waals surface area contributed by atoms with E-state index in [1.54, 1.807) is 5.20 Å². The molecule has 0 saturated carbocycles. The van der Waals surface area contributed by atoms with E-state index in [2.05, 4.69) is 41.1 Å². The number of fused-ring (bicyclic) bond motifs is 2. The molecule has 2 fully saturated rings. The highest BCUT2D eigenvalue weighted by molar-refractivity contribution is 6.66. The van der Waals surface area contributed by atoms with Gasteiger partial charge in [-0.3, -0.25) is 0 Å². The van der Waals surface area contributed by atoms with Crippen LogP contribution in [0.1, 0.15) is 59.3 Å². The van der Waals surface area contributed by atoms with Crippen LogP contribution in [0.5, 0.6) is 0 Å². The van der Waals surface area contributed by atoms with E-state index in [1.807, 2.05) is 0 Å². The Morgan fingerprint density at radius 1 is 1.16 bits per heavy atom. The highest BCUT2D eigenvalue weighted by Crippen LogP contribution is 2.58. The van der Waals surface area contributed by atoms with Gasteiger partial charge in [-0.05, 0) is 10.7 Å². The largest absolute Gasteiger partial charge is 0.129 e. The van der Waals surface area contributed by atoms with E-state index in [1.165, 1.54) is 43.6 Å². The standard InChI is InChI=1S/C16H28BClSi/c1-15(2,3)14(19(4)5)13(18)16-10-6-8-12(17-16)9-7-11-16/h12H,6-11H2,1-5H3/b14-13-. The number of hydrogen-bond donors (Lipinski definition) is 0. The minimum atomic E-state index is -0.491. The molecule has 0 spiro atoms. The average Bonchev–Trinajstić information content (AvgIpc) is 2.26. The predicted molar refractivity (Wildman–Crippen MR) is 89.7 cm³/mol. The van der Waals surface area contributed by atoms with Gasteiger partial charge in [-0.15, -0.1) is 0 Å². The van der Waals surface area contributed by atoms with Crippen LogP contribution in [0.15, 0.2) is 10.2 Å². The second kappa shape index (κ2) is 5.60. The van der Waals surface area contributed by atoms with Crippen LogP contribution in [0.3, 0.4) is 0 Å². The summed E-state index contributed by atoms with van der Waals surface area (Å²) in [5.41, 5.74) is 0.224. The Morgan fingerprint density at radius 3 is 2.11 bits per heavy atom. The normalized spacial score (nSPS) is 32.9. The summed E-state index contributed by atoms with van der Waals surface area (Å²) in [4.78, 5) is 0. The Kier molecular flexibility index (Phi) is 4.62. The molecule has 3 heteroatoms. The van der Waals surface area contributed by atoms with E-state index >= 15 is 0 Å². The van der Waals surface area contributed by atoms with Gasteiger partial charge in [0.2, 0.25) is 0 Å². The van der Waals surface area contributed by atoms with Gasteiger partial charge in [0.15, 0.2) is 0 Å². The predicted octanol–water partition coefficient (Wildman–Crippen LogP) is 5.84. The summed E-state index contributed by atoms with van der Waals surface area (Å²) in [5.74, 6) is 0.835. The van der Waals surface area contributed by atoms with Crippen LogP contribution in [-0.2, 0) is 0 Å². The van der Waals surface area contributed by atoms with Gasteiger partial charge >= 0.3 is 0 Å². The third-order valence-electron chi connectivity index (χ3n) is 4.86. The van der Waals surface area contributed by atoms with Gasteiger partial charge in [-0.2, -0.15) is 0 Å². The van der Waals surface area contributed by atoms with Crippen molar-refractivity contribution in [2.75, 3.05) is 0 Å². The van der Waals surface area contributed by atoms with Crippen LogP contribution in [0, 0.1) is 5.41 Å². The summed E-state index contributed by atoms with van der Waals surface area (Å²) in [5, 5.41) is 3.06. The zero-order valence-electron chi connectivity index (χ0n) is 13.3. The first-order chi connectivity index (χ1) is 8.76. The van der Waals surface area contributed by atoms with Gasteiger partial charge in [0.25, 0.3) is 0 Å². The molecular formula is C16H28BClSi. The number of halogens is 1. The Morgan fingerprint density at radius 2 is 1.68 bits per heavy atom. The van der Waals surface area contributed by atoms with Crippen molar-refractivity contribution >= 4 is 27.7 Å². The summed E-state index contributed by atoms with van der Waals surface area (Å²) in [6, 6.07) is 0. The molecule has 2 bridgehead atoms. The first-order valence-corrected chi connectivity index (χ1v) is 10.7. The van der Waals surface area contributed by atoms with Gasteiger partial charge in [0.1, 0.15) is 7.28 Å². The molecule has 0 aromatic rings. The molecule has 0 atom stereocenters. The van der Waals surface area contributed by atoms with Crippen molar-refractivity contribution in [3.63, 3.8) is 0 Å². The Labute approximate surface area is 127 Å². The van der Waals surface area contributed by atoms with Gasteiger partial charge in [-0.1, -0.05) is 95.0 Å². The smallest absolute Gasteiger partial charge is 0.0898 e. The lowest BCUT2D eigenvalue weighted by atomic mass is 9.35. The van der Waals surface area contributed by atoms with Crippen LogP contribution in [-0.4, -0.2) is 16.1 Å². The topological polar surface area (TPSA) is 0 Å². The molecule has 2 rings (SSSR count). The van der Waals surface area contributed by atoms with Crippen LogP contribution in [0.4, 0.5) is 0 Å². The molecule has 0 unspecified atom stereocenters. The van der Waals surface area contributed by atoms with E-state index < -0.39 is 8.80 Å². The monoisotopic (exact) mass is 294 g/mol. The quantitative estimate of drug-likeness (QED) is 0.561. The highest BCUT2D eigenvalue weighted by Gasteiger charge is 2.44. The first-order valence-electron chi connectivity index (χ1n) is 7.83. The lowest BCUT2D eigenvalue weighted by Crippen LogP contribution is -2.36. The molecule has 0 aromatic carbocycles. The molecule has 2 radical (unpaired) electrons. The highest BCUT2D eigenvalue weighted by atomic mass is 35.5. The first kappa shape index (κ1) is 15.7. The fourth-order valence-electron chi connectivity index (χ4n) is 4.25. The van der Waals surface area contributed by atoms with E-state index in [9.17, 15) is 0 Å². The van der Waals surface area contributed by atoms with Crippen molar-refractivity contribution in [2.24, 2.45) is 5.41 Å². The third kappa shape index (κ3) is 3.15. The van der Waals surface area contributed by atoms with Gasteiger partial charge < -0.3 is 0 Å². The van der Waals surface area contributed by atoms with E-state index in [0.29, 0.717) is 0 Å². The maximum atomic E-state index is 7.04. The molecule has 19 heavy (non-hydrogen) atoms. The minimum Gasteiger partial charge on any atom is -0.0898 e. The molecule has 2 saturated heterocycles. The second-order valence-electron chi connectivity index (χ2n) is 7.81. The van der Waals surface area contributed by atoms with Crippen molar-refractivity contribution in [2.45, 2.75) is 83.5 Å². The van der Waals surface area contributed by atoms with Crippen LogP contribution < -0.4 is 0 Å². The summed E-state index contributed by atoms with van der Waals surface area (Å²) < 4.78 is 0. The number of hydrogen-bond acceptors (Lipinski definition) is 0. The summed E-state index contributed by atoms with van der Waals surface area (Å²) >= 11 is 7.04. The zero-order chi connectivity index (χ0) is 14.3. The maximum absolute atomic E-state index is 7.04. The number of allylic oxidation sites excluding steroid dienone is 2. The summed E-state index contributed by atoms with van der Waals surface area (Å²) in [6.07, 6.45) is 8.10. The summed E-state index contributed by atoms with van der Waals surface area (Å²) in [6.45, 7) is 11.8. The van der Waals surface area contributed by atoms with E-state index in [4.69, 9.17) is 11.6 Å². The number of rotatable bonds is 2. The Balaban J connectivity index is 2.41. The van der Waals surface area contributed by atoms with Crippen molar-refractivity contribution in [1.82, 2.24) is 0 Å². The van der Waals surface area contributed by atoms with E-state index in [-0.39, 0.29) is 10.7 Å². The van der Waals surface area contributed by atoms with Crippen molar-refractivity contribution < 1.29 is 0 Å². The molecule has 0 amide bonds. The van der Waals surface area contributed by atoms with Crippen molar-refractivity contribution in [3.05, 3.63) is 10.2 Å². The van der Waals surface area contributed by atoms with Gasteiger partial charge in [0.05, 0.1) is 8.80 Å². The lowest BCUT2D eigenvalue weighted by Gasteiger charge is -2.47. The molecule has 2 heterocycles.